The van der Waals surface area contributed by atoms with E-state index >= 15 is 0 Å². The Bertz CT molecular complexity index is 380. The van der Waals surface area contributed by atoms with Crippen LogP contribution in [0.25, 0.3) is 0 Å². The van der Waals surface area contributed by atoms with Gasteiger partial charge in [-0.15, -0.1) is 10.2 Å². The molecule has 0 amide bonds. The van der Waals surface area contributed by atoms with Crippen LogP contribution in [0.3, 0.4) is 0 Å². The van der Waals surface area contributed by atoms with Crippen molar-refractivity contribution in [2.75, 3.05) is 18.5 Å². The van der Waals surface area contributed by atoms with Crippen molar-refractivity contribution in [1.29, 1.82) is 0 Å². The van der Waals surface area contributed by atoms with Crippen LogP contribution in [-0.2, 0) is 4.79 Å². The lowest BCUT2D eigenvalue weighted by Gasteiger charge is -2.11. The highest BCUT2D eigenvalue weighted by molar-refractivity contribution is 6.40. The fourth-order valence-electron chi connectivity index (χ4n) is 1.16. The molecule has 0 fully saturated rings. The molecule has 0 bridgehead atoms. The second-order valence-corrected chi connectivity index (χ2v) is 2.94. The summed E-state index contributed by atoms with van der Waals surface area (Å²) in [5, 5.41) is 11.6. The Balaban J connectivity index is 2.52. The van der Waals surface area contributed by atoms with Gasteiger partial charge in [0.1, 0.15) is 12.0 Å². The maximum absolute atomic E-state index is 11.4. The van der Waals surface area contributed by atoms with E-state index in [2.05, 4.69) is 15.3 Å². The zero-order valence-corrected chi connectivity index (χ0v) is 7.43. The highest BCUT2D eigenvalue weighted by Gasteiger charge is 2.19. The van der Waals surface area contributed by atoms with E-state index in [-0.39, 0.29) is 5.78 Å². The fraction of sp³-hybridized carbons (Fsp3) is 0.429. The van der Waals surface area contributed by atoms with Gasteiger partial charge in [0, 0.05) is 7.05 Å². The van der Waals surface area contributed by atoms with Crippen molar-refractivity contribution >= 4 is 17.4 Å². The first-order chi connectivity index (χ1) is 6.18. The van der Waals surface area contributed by atoms with Crippen molar-refractivity contribution in [2.45, 2.75) is 6.92 Å². The summed E-state index contributed by atoms with van der Waals surface area (Å²) in [5.74, 6) is 0.596. The molecule has 2 heterocycles. The van der Waals surface area contributed by atoms with Crippen LogP contribution in [0.5, 0.6) is 0 Å². The predicted octanol–water partition coefficient (Wildman–Crippen LogP) is -0.479. The minimum Gasteiger partial charge on any atom is -0.335 e. The van der Waals surface area contributed by atoms with Crippen LogP contribution in [0, 0.1) is 0 Å². The zero-order chi connectivity index (χ0) is 9.42. The van der Waals surface area contributed by atoms with E-state index < -0.39 is 0 Å². The Labute approximate surface area is 74.9 Å². The Kier molecular flexibility index (Phi) is 1.61. The van der Waals surface area contributed by atoms with Gasteiger partial charge in [0.25, 0.3) is 0 Å². The van der Waals surface area contributed by atoms with E-state index in [1.54, 1.807) is 18.9 Å². The van der Waals surface area contributed by atoms with Crippen LogP contribution in [0.1, 0.15) is 6.92 Å². The molecule has 0 aliphatic carbocycles. The van der Waals surface area contributed by atoms with Gasteiger partial charge in [-0.25, -0.2) is 0 Å². The Morgan fingerprint density at radius 1 is 1.54 bits per heavy atom. The van der Waals surface area contributed by atoms with E-state index in [0.29, 0.717) is 18.2 Å². The van der Waals surface area contributed by atoms with Crippen molar-refractivity contribution in [3.63, 3.8) is 0 Å². The number of hydrogen-bond acceptors (Lipinski definition) is 5. The first kappa shape index (κ1) is 7.90. The number of rotatable bonds is 0. The molecule has 2 rings (SSSR count). The molecule has 0 radical (unpaired) electrons. The zero-order valence-electron chi connectivity index (χ0n) is 7.43. The summed E-state index contributed by atoms with van der Waals surface area (Å²) < 4.78 is 1.50. The van der Waals surface area contributed by atoms with Gasteiger partial charge in [-0.2, -0.15) is 9.78 Å². The molecule has 1 aromatic rings. The van der Waals surface area contributed by atoms with Gasteiger partial charge < -0.3 is 4.90 Å². The Morgan fingerprint density at radius 2 is 2.31 bits per heavy atom. The van der Waals surface area contributed by atoms with E-state index in [9.17, 15) is 4.79 Å². The largest absolute Gasteiger partial charge is 0.335 e. The summed E-state index contributed by atoms with van der Waals surface area (Å²) in [6, 6.07) is 0. The number of likely N-dealkylation sites (N-methyl/N-ethyl adjacent to an activating group) is 1. The molecular formula is C7H9N5O. The minimum atomic E-state index is 0.00741. The van der Waals surface area contributed by atoms with Crippen molar-refractivity contribution < 1.29 is 4.79 Å². The number of carbonyl (C=O) groups is 1. The number of carbonyl (C=O) groups excluding carboxylic acids is 1. The standard InChI is InChI=1S/C7H9N5O/c1-5-6(13)3-11(2)7-9-8-4-12(7)10-5/h4H,3H2,1-2H3. The normalized spacial score (nSPS) is 16.6. The molecule has 0 unspecified atom stereocenters. The van der Waals surface area contributed by atoms with Gasteiger partial charge in [-0.05, 0) is 6.92 Å². The van der Waals surface area contributed by atoms with E-state index in [1.165, 1.54) is 11.0 Å². The summed E-state index contributed by atoms with van der Waals surface area (Å²) in [7, 11) is 1.78. The number of aromatic nitrogens is 3. The predicted molar refractivity (Wildman–Crippen MR) is 46.8 cm³/mol. The average Bonchev–Trinajstić information content (AvgIpc) is 2.48. The molecule has 0 saturated heterocycles. The number of nitrogens with zero attached hydrogens (tertiary/aromatic N) is 5. The number of ketones is 1. The molecule has 0 atom stereocenters. The molecule has 13 heavy (non-hydrogen) atoms. The van der Waals surface area contributed by atoms with Crippen molar-refractivity contribution in [3.8, 4) is 0 Å². The lowest BCUT2D eigenvalue weighted by atomic mass is 10.3. The summed E-state index contributed by atoms with van der Waals surface area (Å²) in [4.78, 5) is 13.1. The number of Topliss-reactive ketones (excluding diaryl/α,β-unsaturated/α-hetero) is 1. The van der Waals surface area contributed by atoms with Crippen LogP contribution < -0.4 is 4.90 Å². The van der Waals surface area contributed by atoms with Crippen molar-refractivity contribution in [1.82, 2.24) is 14.9 Å². The number of anilines is 1. The quantitative estimate of drug-likeness (QED) is 0.539. The maximum Gasteiger partial charge on any atom is 0.248 e. The molecule has 0 saturated carbocycles. The SMILES string of the molecule is CC1=Nn2cnnc2N(C)CC1=O. The highest BCUT2D eigenvalue weighted by Crippen LogP contribution is 2.10. The molecule has 1 aliphatic rings. The average molecular weight is 179 g/mol. The molecule has 1 aromatic heterocycles. The lowest BCUT2D eigenvalue weighted by Crippen LogP contribution is -2.28. The van der Waals surface area contributed by atoms with Crippen LogP contribution in [-0.4, -0.2) is 40.0 Å². The molecule has 0 N–H and O–H groups in total. The first-order valence-electron chi connectivity index (χ1n) is 3.88. The van der Waals surface area contributed by atoms with Crippen LogP contribution in [0.4, 0.5) is 5.95 Å². The third-order valence-electron chi connectivity index (χ3n) is 1.90. The topological polar surface area (TPSA) is 63.4 Å². The lowest BCUT2D eigenvalue weighted by molar-refractivity contribution is -0.111. The van der Waals surface area contributed by atoms with Gasteiger partial charge in [0.15, 0.2) is 5.78 Å². The Hall–Kier alpha value is -1.72. The number of fused-ring (bicyclic) bond motifs is 1. The third kappa shape index (κ3) is 1.20. The second kappa shape index (κ2) is 2.65. The molecular weight excluding hydrogens is 170 g/mol. The molecule has 6 heteroatoms. The summed E-state index contributed by atoms with van der Waals surface area (Å²) >= 11 is 0. The molecule has 0 aromatic carbocycles. The van der Waals surface area contributed by atoms with E-state index in [1.807, 2.05) is 0 Å². The second-order valence-electron chi connectivity index (χ2n) is 2.94. The maximum atomic E-state index is 11.4. The number of hydrogen-bond donors (Lipinski definition) is 0. The Morgan fingerprint density at radius 3 is 3.08 bits per heavy atom. The molecule has 6 nitrogen and oxygen atoms in total. The minimum absolute atomic E-state index is 0.00741. The van der Waals surface area contributed by atoms with Gasteiger partial charge in [0.05, 0.1) is 6.54 Å². The molecule has 1 aliphatic heterocycles. The molecule has 0 spiro atoms. The van der Waals surface area contributed by atoms with Gasteiger partial charge in [-0.3, -0.25) is 4.79 Å². The highest BCUT2D eigenvalue weighted by atomic mass is 16.1. The summed E-state index contributed by atoms with van der Waals surface area (Å²) in [5.41, 5.74) is 0.477. The smallest absolute Gasteiger partial charge is 0.248 e. The van der Waals surface area contributed by atoms with Crippen molar-refractivity contribution in [3.05, 3.63) is 6.33 Å². The third-order valence-corrected chi connectivity index (χ3v) is 1.90. The summed E-state index contributed by atoms with van der Waals surface area (Å²) in [6.07, 6.45) is 1.48. The van der Waals surface area contributed by atoms with E-state index in [0.717, 1.165) is 0 Å². The summed E-state index contributed by atoms with van der Waals surface area (Å²) in [6.45, 7) is 1.99. The van der Waals surface area contributed by atoms with E-state index in [4.69, 9.17) is 0 Å². The van der Waals surface area contributed by atoms with Crippen LogP contribution in [0.15, 0.2) is 11.4 Å². The fourth-order valence-corrected chi connectivity index (χ4v) is 1.16. The molecule has 68 valence electrons. The van der Waals surface area contributed by atoms with Gasteiger partial charge in [-0.1, -0.05) is 0 Å². The van der Waals surface area contributed by atoms with Gasteiger partial charge >= 0.3 is 0 Å². The van der Waals surface area contributed by atoms with Crippen LogP contribution in [0.2, 0.25) is 0 Å². The van der Waals surface area contributed by atoms with Crippen LogP contribution >= 0.6 is 0 Å². The monoisotopic (exact) mass is 179 g/mol. The van der Waals surface area contributed by atoms with Gasteiger partial charge in [0.2, 0.25) is 5.95 Å². The first-order valence-corrected chi connectivity index (χ1v) is 3.88. The van der Waals surface area contributed by atoms with Crippen molar-refractivity contribution in [2.24, 2.45) is 5.10 Å².